The predicted molar refractivity (Wildman–Crippen MR) is 336 cm³/mol. The van der Waals surface area contributed by atoms with E-state index in [9.17, 15) is 41.9 Å². The molecule has 464 valence electrons. The number of piperidine rings is 1. The molecule has 0 saturated carbocycles. The quantitative estimate of drug-likeness (QED) is 0.0368. The van der Waals surface area contributed by atoms with Crippen molar-refractivity contribution in [2.45, 2.75) is 139 Å². The van der Waals surface area contributed by atoms with Gasteiger partial charge in [-0.15, -0.1) is 34.0 Å². The Morgan fingerprint density at radius 1 is 0.616 bits per heavy atom. The summed E-state index contributed by atoms with van der Waals surface area (Å²) in [7, 11) is 0. The van der Waals surface area contributed by atoms with Crippen LogP contribution in [0.2, 0.25) is 0 Å². The predicted octanol–water partition coefficient (Wildman–Crippen LogP) is 6.06. The summed E-state index contributed by atoms with van der Waals surface area (Å²) >= 11 is 10.0. The number of carbonyl (C=O) groups is 6. The van der Waals surface area contributed by atoms with Crippen LogP contribution in [0.4, 0.5) is 13.2 Å². The normalized spacial score (nSPS) is 17.2. The molecule has 3 aromatic heterocycles. The number of rotatable bonds is 16. The summed E-state index contributed by atoms with van der Waals surface area (Å²) < 4.78 is 60.6. The zero-order valence-electron chi connectivity index (χ0n) is 46.5. The number of esters is 3. The van der Waals surface area contributed by atoms with E-state index in [1.54, 1.807) is 54.6 Å². The van der Waals surface area contributed by atoms with Gasteiger partial charge >= 0.3 is 47.5 Å². The number of Topliss-reactive ketones (excluding diaryl/α,β-unsaturated/α-hetero) is 3. The number of quaternary nitrogens is 1. The summed E-state index contributed by atoms with van der Waals surface area (Å²) in [5, 5.41) is 2.49. The molecule has 6 aromatic rings. The monoisotopic (exact) mass is 1650 g/mol. The van der Waals surface area contributed by atoms with Gasteiger partial charge in [-0.2, -0.15) is 0 Å². The van der Waals surface area contributed by atoms with E-state index in [1.165, 1.54) is 77.9 Å². The van der Waals surface area contributed by atoms with Crippen molar-refractivity contribution in [3.8, 4) is 15.2 Å². The summed E-state index contributed by atoms with van der Waals surface area (Å²) in [6, 6.07) is 23.7. The van der Waals surface area contributed by atoms with Crippen LogP contribution in [-0.2, 0) is 67.7 Å². The number of benzene rings is 3. The van der Waals surface area contributed by atoms with Gasteiger partial charge in [0.25, 0.3) is 0 Å². The molecule has 1 fully saturated rings. The Morgan fingerprint density at radius 3 is 1.47 bits per heavy atom. The second-order valence-electron chi connectivity index (χ2n) is 20.2. The van der Waals surface area contributed by atoms with Crippen LogP contribution in [0.5, 0.6) is 15.2 Å². The Balaban J connectivity index is 0.000000425. The van der Waals surface area contributed by atoms with Gasteiger partial charge in [-0.3, -0.25) is 38.6 Å². The minimum absolute atomic E-state index is 0. The summed E-state index contributed by atoms with van der Waals surface area (Å²) in [5.41, 5.74) is 4.58. The van der Waals surface area contributed by atoms with E-state index >= 15 is 0 Å². The van der Waals surface area contributed by atoms with E-state index in [4.69, 9.17) is 14.2 Å². The first-order valence-electron chi connectivity index (χ1n) is 26.6. The molecule has 4 atom stereocenters. The average Bonchev–Trinajstić information content (AvgIpc) is 1.31. The van der Waals surface area contributed by atoms with Crippen molar-refractivity contribution in [2.75, 3.05) is 35.9 Å². The fourth-order valence-corrected chi connectivity index (χ4v) is 15.0. The molecule has 4 unspecified atom stereocenters. The van der Waals surface area contributed by atoms with Gasteiger partial charge in [0.1, 0.15) is 24.0 Å². The molecule has 0 bridgehead atoms. The van der Waals surface area contributed by atoms with Crippen molar-refractivity contribution in [3.05, 3.63) is 156 Å². The maximum atomic E-state index is 14.5. The molecule has 4 aliphatic heterocycles. The van der Waals surface area contributed by atoms with Gasteiger partial charge in [-0.25, -0.2) is 13.2 Å². The Labute approximate surface area is 595 Å². The molecule has 4 aliphatic rings. The first-order chi connectivity index (χ1) is 38.5. The number of halogens is 7. The Bertz CT molecular complexity index is 3100. The van der Waals surface area contributed by atoms with Crippen LogP contribution in [0.1, 0.15) is 148 Å². The zero-order chi connectivity index (χ0) is 57.1. The van der Waals surface area contributed by atoms with Crippen LogP contribution >= 0.6 is 72.5 Å². The number of hydrogen-bond acceptors (Lipinski definition) is 14. The molecular formula is C63H75BrF3I3N3NaO9S3. The molecule has 86 heavy (non-hydrogen) atoms. The standard InChI is InChI=1S/C20H21BrFNO3S.C20H21FINO3S.C20H21FNO3S.3CH4.2HI.Na/c1-13(24)26-19-11-14-12-23(10-8-18(14)27-19)20(17(25)7-4-9-21)15-5-2-3-6-16(15)22;1-13(24)26-19-11-14-12-23(10-8-18(14)27-19)20(17(25)7-4-9-22)15-5-2-3-6-16(15)21;1-13(23)25-19-11-14-12-22(10-8-18(14)26-19)9-4-7-17(24)20(22)15-5-2-3-6-16(15)21;;;;;;/h2*2-3,5-6,11,20H,4,7-10,12H2,1H3;2-3,5-6,11,20H,4,7-10,12H2,1H3;3*1H4;2*1H;/q;;+1;;;;;;+1/p-2. The second-order valence-corrected chi connectivity index (χ2v) is 25.4. The number of carbonyl (C=O) groups excluding carboxylic acids is 6. The number of ketones is 3. The molecule has 1 spiro atoms. The summed E-state index contributed by atoms with van der Waals surface area (Å²) in [6.07, 6.45) is 6.01. The number of fused-ring (bicyclic) bond motifs is 3. The van der Waals surface area contributed by atoms with Crippen molar-refractivity contribution in [3.63, 3.8) is 0 Å². The van der Waals surface area contributed by atoms with Crippen LogP contribution in [0.25, 0.3) is 0 Å². The van der Waals surface area contributed by atoms with Crippen LogP contribution in [0, 0.1) is 17.5 Å². The molecule has 3 aromatic carbocycles. The van der Waals surface area contributed by atoms with Crippen LogP contribution in [-0.4, -0.2) is 85.5 Å². The molecule has 12 nitrogen and oxygen atoms in total. The van der Waals surface area contributed by atoms with Crippen molar-refractivity contribution in [1.82, 2.24) is 9.80 Å². The number of alkyl halides is 2. The van der Waals surface area contributed by atoms with Gasteiger partial charge in [-0.1, -0.05) is 109 Å². The van der Waals surface area contributed by atoms with E-state index < -0.39 is 18.1 Å². The van der Waals surface area contributed by atoms with Gasteiger partial charge in [0.15, 0.2) is 38.6 Å². The third-order valence-corrected chi connectivity index (χ3v) is 19.2. The molecule has 1 saturated heterocycles. The van der Waals surface area contributed by atoms with Gasteiger partial charge in [0.05, 0.1) is 30.7 Å². The minimum atomic E-state index is -0.601. The summed E-state index contributed by atoms with van der Waals surface area (Å²) in [6.45, 7) is 8.90. The third-order valence-electron chi connectivity index (χ3n) is 14.6. The fraction of sp³-hybridized carbons (Fsp3) is 0.429. The molecule has 23 heteroatoms. The molecule has 0 N–H and O–H groups in total. The van der Waals surface area contributed by atoms with E-state index in [-0.39, 0.29) is 152 Å². The zero-order valence-corrected chi connectivity index (χ0v) is 59.0. The Kier molecular flexibility index (Phi) is 35.0. The third kappa shape index (κ3) is 20.5. The first kappa shape index (κ1) is 79.6. The fourth-order valence-electron chi connectivity index (χ4n) is 11.2. The summed E-state index contributed by atoms with van der Waals surface area (Å²) in [4.78, 5) is 79.9. The average molecular weight is 1660 g/mol. The minimum Gasteiger partial charge on any atom is -1.00 e. The van der Waals surface area contributed by atoms with Crippen molar-refractivity contribution >= 4 is 108 Å². The molecule has 0 radical (unpaired) electrons. The molecule has 10 rings (SSSR count). The molecule has 0 amide bonds. The van der Waals surface area contributed by atoms with Gasteiger partial charge in [0, 0.05) is 122 Å². The largest absolute Gasteiger partial charge is 1.00 e. The van der Waals surface area contributed by atoms with E-state index in [0.29, 0.717) is 88.3 Å². The number of nitrogens with zero attached hydrogens (tertiary/aromatic N) is 3. The topological polar surface area (TPSA) is 137 Å². The van der Waals surface area contributed by atoms with Gasteiger partial charge in [0.2, 0.25) is 0 Å². The summed E-state index contributed by atoms with van der Waals surface area (Å²) in [5.74, 6) is -1.82. The van der Waals surface area contributed by atoms with E-state index in [1.807, 2.05) is 28.0 Å². The maximum Gasteiger partial charge on any atom is 1.00 e. The smallest absolute Gasteiger partial charge is 1.00 e. The Hall–Kier alpha value is -2.48. The van der Waals surface area contributed by atoms with Crippen LogP contribution in [0.15, 0.2) is 91.0 Å². The SMILES string of the molecule is C.C.C.CC(=O)Oc1cc2c(s1)CCN(C(C(=O)CCCBr)c1ccccc1F)C2.CC(=O)Oc1cc2c(s1)CCN(C(C(=O)CCCI)c1ccccc1F)C2.CC(=O)Oc1cc2c(s1)CC[N+]1(CCCC(=O)C1c1ccccc1F)C2.[I-].[I-].[Na+]. The molecular weight excluding hydrogens is 1580 g/mol. The number of hydrogen-bond donors (Lipinski definition) is 0. The van der Waals surface area contributed by atoms with Gasteiger partial charge < -0.3 is 66.6 Å². The van der Waals surface area contributed by atoms with Gasteiger partial charge in [-0.05, 0) is 77.6 Å². The van der Waals surface area contributed by atoms with E-state index in [2.05, 4.69) is 38.5 Å². The second kappa shape index (κ2) is 37.8. The number of ether oxygens (including phenoxy) is 3. The van der Waals surface area contributed by atoms with Crippen molar-refractivity contribution in [2.24, 2.45) is 0 Å². The van der Waals surface area contributed by atoms with Crippen molar-refractivity contribution in [1.29, 1.82) is 0 Å². The Morgan fingerprint density at radius 2 is 1.03 bits per heavy atom. The van der Waals surface area contributed by atoms with Crippen molar-refractivity contribution < 1.29 is 138 Å². The first-order valence-corrected chi connectivity index (χ1v) is 31.7. The maximum absolute atomic E-state index is 14.5. The number of thiophene rings is 3. The van der Waals surface area contributed by atoms with Crippen LogP contribution < -0.4 is 91.7 Å². The van der Waals surface area contributed by atoms with Crippen LogP contribution in [0.3, 0.4) is 0 Å². The van der Waals surface area contributed by atoms with E-state index in [0.717, 1.165) is 87.8 Å². The molecule has 0 aliphatic carbocycles. The molecule has 7 heterocycles.